The van der Waals surface area contributed by atoms with E-state index in [0.717, 1.165) is 5.56 Å². The minimum Gasteiger partial charge on any atom is -0.343 e. The minimum absolute atomic E-state index is 0.262. The summed E-state index contributed by atoms with van der Waals surface area (Å²) in [4.78, 5) is 35.4. The Bertz CT molecular complexity index is 720. The van der Waals surface area contributed by atoms with Crippen LogP contribution in [0.5, 0.6) is 0 Å². The topological polar surface area (TPSA) is 113 Å². The summed E-state index contributed by atoms with van der Waals surface area (Å²) in [5.41, 5.74) is 11.6. The summed E-state index contributed by atoms with van der Waals surface area (Å²) in [6, 6.07) is 17.0. The lowest BCUT2D eigenvalue weighted by molar-refractivity contribution is -0.129. The van der Waals surface area contributed by atoms with E-state index in [1.807, 2.05) is 30.3 Å². The van der Waals surface area contributed by atoms with Crippen molar-refractivity contribution in [3.63, 3.8) is 0 Å². The van der Waals surface area contributed by atoms with Crippen molar-refractivity contribution >= 4 is 17.7 Å². The highest BCUT2D eigenvalue weighted by atomic mass is 16.2. The maximum absolute atomic E-state index is 11.9. The molecule has 5 N–H and O–H groups in total. The van der Waals surface area contributed by atoms with Crippen LogP contribution in [0.4, 0.5) is 0 Å². The SMILES string of the molecule is N[C@H](Cc1ccccc1)C(=O)NNC(=O)CNC(=O)c1ccccc1. The fraction of sp³-hybridized carbons (Fsp3) is 0.167. The molecule has 7 nitrogen and oxygen atoms in total. The largest absolute Gasteiger partial charge is 0.343 e. The molecule has 0 unspecified atom stereocenters. The molecule has 0 aliphatic carbocycles. The van der Waals surface area contributed by atoms with Gasteiger partial charge >= 0.3 is 0 Å². The third-order valence-electron chi connectivity index (χ3n) is 3.41. The van der Waals surface area contributed by atoms with Gasteiger partial charge in [0, 0.05) is 5.56 Å². The van der Waals surface area contributed by atoms with Gasteiger partial charge in [0.15, 0.2) is 0 Å². The molecule has 0 fully saturated rings. The van der Waals surface area contributed by atoms with Crippen molar-refractivity contribution < 1.29 is 14.4 Å². The van der Waals surface area contributed by atoms with E-state index < -0.39 is 17.9 Å². The van der Waals surface area contributed by atoms with Gasteiger partial charge in [-0.25, -0.2) is 0 Å². The Balaban J connectivity index is 1.70. The second-order valence-electron chi connectivity index (χ2n) is 5.38. The predicted octanol–water partition coefficient (Wildman–Crippen LogP) is 0.134. The first-order valence-electron chi connectivity index (χ1n) is 7.77. The molecule has 25 heavy (non-hydrogen) atoms. The van der Waals surface area contributed by atoms with Crippen LogP contribution in [-0.2, 0) is 16.0 Å². The normalized spacial score (nSPS) is 11.2. The number of nitrogens with two attached hydrogens (primary N) is 1. The molecule has 3 amide bonds. The maximum Gasteiger partial charge on any atom is 0.257 e. The average molecular weight is 340 g/mol. The van der Waals surface area contributed by atoms with Crippen LogP contribution in [0.1, 0.15) is 15.9 Å². The first-order chi connectivity index (χ1) is 12.1. The van der Waals surface area contributed by atoms with Crippen molar-refractivity contribution in [2.75, 3.05) is 6.54 Å². The van der Waals surface area contributed by atoms with Crippen LogP contribution in [0.15, 0.2) is 60.7 Å². The Hall–Kier alpha value is -3.19. The molecule has 2 rings (SSSR count). The Morgan fingerprint density at radius 3 is 2.12 bits per heavy atom. The smallest absolute Gasteiger partial charge is 0.257 e. The molecule has 130 valence electrons. The molecular formula is C18H20N4O3. The number of hydrogen-bond donors (Lipinski definition) is 4. The number of benzene rings is 2. The number of carbonyl (C=O) groups excluding carboxylic acids is 3. The molecular weight excluding hydrogens is 320 g/mol. The lowest BCUT2D eigenvalue weighted by Crippen LogP contribution is -2.52. The Morgan fingerprint density at radius 1 is 0.880 bits per heavy atom. The zero-order chi connectivity index (χ0) is 18.1. The van der Waals surface area contributed by atoms with Gasteiger partial charge in [0.1, 0.15) is 0 Å². The molecule has 1 atom stereocenters. The zero-order valence-electron chi connectivity index (χ0n) is 13.6. The minimum atomic E-state index is -0.790. The molecule has 0 aliphatic rings. The number of rotatable bonds is 6. The van der Waals surface area contributed by atoms with Crippen LogP contribution in [0.2, 0.25) is 0 Å². The van der Waals surface area contributed by atoms with E-state index in [2.05, 4.69) is 16.2 Å². The van der Waals surface area contributed by atoms with Gasteiger partial charge < -0.3 is 11.1 Å². The van der Waals surface area contributed by atoms with Crippen LogP contribution in [0, 0.1) is 0 Å². The first kappa shape index (κ1) is 18.2. The van der Waals surface area contributed by atoms with E-state index in [1.165, 1.54) is 0 Å². The molecule has 2 aromatic carbocycles. The van der Waals surface area contributed by atoms with Crippen LogP contribution in [-0.4, -0.2) is 30.3 Å². The van der Waals surface area contributed by atoms with Crippen molar-refractivity contribution in [3.05, 3.63) is 71.8 Å². The van der Waals surface area contributed by atoms with Crippen LogP contribution in [0.3, 0.4) is 0 Å². The molecule has 0 spiro atoms. The molecule has 0 aromatic heterocycles. The van der Waals surface area contributed by atoms with Gasteiger partial charge in [0.25, 0.3) is 17.7 Å². The summed E-state index contributed by atoms with van der Waals surface area (Å²) >= 11 is 0. The summed E-state index contributed by atoms with van der Waals surface area (Å²) in [7, 11) is 0. The molecule has 0 aliphatic heterocycles. The summed E-state index contributed by atoms with van der Waals surface area (Å²) in [5.74, 6) is -1.43. The molecule has 0 bridgehead atoms. The van der Waals surface area contributed by atoms with E-state index >= 15 is 0 Å². The van der Waals surface area contributed by atoms with E-state index in [9.17, 15) is 14.4 Å². The number of amides is 3. The van der Waals surface area contributed by atoms with Gasteiger partial charge in [-0.05, 0) is 24.1 Å². The third kappa shape index (κ3) is 6.08. The van der Waals surface area contributed by atoms with Crippen molar-refractivity contribution in [2.24, 2.45) is 5.73 Å². The highest BCUT2D eigenvalue weighted by Crippen LogP contribution is 2.01. The zero-order valence-corrected chi connectivity index (χ0v) is 13.6. The second kappa shape index (κ2) is 9.19. The quantitative estimate of drug-likeness (QED) is 0.560. The summed E-state index contributed by atoms with van der Waals surface area (Å²) < 4.78 is 0. The van der Waals surface area contributed by atoms with Crippen molar-refractivity contribution in [1.82, 2.24) is 16.2 Å². The van der Waals surface area contributed by atoms with E-state index in [1.54, 1.807) is 30.3 Å². The standard InChI is InChI=1S/C18H20N4O3/c19-15(11-13-7-3-1-4-8-13)18(25)22-21-16(23)12-20-17(24)14-9-5-2-6-10-14/h1-10,15H,11-12,19H2,(H,20,24)(H,21,23)(H,22,25)/t15-/m1/s1. The Labute approximate surface area is 145 Å². The summed E-state index contributed by atoms with van der Waals surface area (Å²) in [6.45, 7) is -0.262. The van der Waals surface area contributed by atoms with E-state index in [4.69, 9.17) is 5.73 Å². The molecule has 7 heteroatoms. The van der Waals surface area contributed by atoms with Gasteiger partial charge in [0.2, 0.25) is 0 Å². The van der Waals surface area contributed by atoms with Gasteiger partial charge in [-0.2, -0.15) is 0 Å². The van der Waals surface area contributed by atoms with Crippen molar-refractivity contribution in [2.45, 2.75) is 12.5 Å². The molecule has 0 saturated carbocycles. The third-order valence-corrected chi connectivity index (χ3v) is 3.41. The maximum atomic E-state index is 11.9. The van der Waals surface area contributed by atoms with Crippen molar-refractivity contribution in [1.29, 1.82) is 0 Å². The summed E-state index contributed by atoms with van der Waals surface area (Å²) in [6.07, 6.45) is 0.354. The molecule has 0 saturated heterocycles. The van der Waals surface area contributed by atoms with Gasteiger partial charge in [0.05, 0.1) is 12.6 Å². The van der Waals surface area contributed by atoms with Gasteiger partial charge in [-0.1, -0.05) is 48.5 Å². The Kier molecular flexibility index (Phi) is 6.67. The van der Waals surface area contributed by atoms with Gasteiger partial charge in [-0.3, -0.25) is 25.2 Å². The van der Waals surface area contributed by atoms with Crippen LogP contribution in [0.25, 0.3) is 0 Å². The fourth-order valence-electron chi connectivity index (χ4n) is 2.08. The predicted molar refractivity (Wildman–Crippen MR) is 93.2 cm³/mol. The monoisotopic (exact) mass is 340 g/mol. The average Bonchev–Trinajstić information content (AvgIpc) is 2.65. The second-order valence-corrected chi connectivity index (χ2v) is 5.38. The highest BCUT2D eigenvalue weighted by molar-refractivity contribution is 5.96. The van der Waals surface area contributed by atoms with E-state index in [-0.39, 0.29) is 12.5 Å². The van der Waals surface area contributed by atoms with Crippen molar-refractivity contribution in [3.8, 4) is 0 Å². The van der Waals surface area contributed by atoms with Crippen LogP contribution < -0.4 is 21.9 Å². The van der Waals surface area contributed by atoms with Crippen LogP contribution >= 0.6 is 0 Å². The molecule has 0 heterocycles. The first-order valence-corrected chi connectivity index (χ1v) is 7.77. The number of nitrogens with one attached hydrogen (secondary N) is 3. The van der Waals surface area contributed by atoms with Gasteiger partial charge in [-0.15, -0.1) is 0 Å². The number of carbonyl (C=O) groups is 3. The summed E-state index contributed by atoms with van der Waals surface area (Å²) in [5, 5.41) is 2.46. The number of hydrogen-bond acceptors (Lipinski definition) is 4. The number of hydrazine groups is 1. The molecule has 0 radical (unpaired) electrons. The Morgan fingerprint density at radius 2 is 1.48 bits per heavy atom. The highest BCUT2D eigenvalue weighted by Gasteiger charge is 2.15. The molecule has 2 aromatic rings. The lowest BCUT2D eigenvalue weighted by Gasteiger charge is -2.13. The lowest BCUT2D eigenvalue weighted by atomic mass is 10.1. The van der Waals surface area contributed by atoms with E-state index in [0.29, 0.717) is 12.0 Å². The fourth-order valence-corrected chi connectivity index (χ4v) is 2.08.